The fraction of sp³-hybridized carbons (Fsp3) is 0.675. The van der Waals surface area contributed by atoms with Crippen molar-refractivity contribution in [2.75, 3.05) is 19.8 Å². The van der Waals surface area contributed by atoms with Crippen LogP contribution in [0.3, 0.4) is 0 Å². The van der Waals surface area contributed by atoms with E-state index in [2.05, 4.69) is 38.2 Å². The Morgan fingerprint density at radius 2 is 1.73 bits per heavy atom. The van der Waals surface area contributed by atoms with Crippen molar-refractivity contribution in [3.05, 3.63) is 47.5 Å². The first-order valence-corrected chi connectivity index (χ1v) is 18.3. The molecule has 1 amide bonds. The molecule has 1 saturated heterocycles. The third-order valence-electron chi connectivity index (χ3n) is 13.3. The van der Waals surface area contributed by atoms with Crippen molar-refractivity contribution in [1.29, 1.82) is 0 Å². The number of rotatable bonds is 10. The number of ketones is 3. The minimum atomic E-state index is -1.77. The predicted molar refractivity (Wildman–Crippen MR) is 182 cm³/mol. The number of benzene rings is 1. The summed E-state index contributed by atoms with van der Waals surface area (Å²) in [5.41, 5.74) is -1.17. The summed E-state index contributed by atoms with van der Waals surface area (Å²) < 4.78 is 11.3. The molecule has 0 bridgehead atoms. The molecule has 6 rings (SSSR count). The van der Waals surface area contributed by atoms with Gasteiger partial charge in [-0.3, -0.25) is 24.0 Å². The topological polar surface area (TPSA) is 136 Å². The Kier molecular flexibility index (Phi) is 9.59. The zero-order chi connectivity index (χ0) is 35.2. The van der Waals surface area contributed by atoms with Gasteiger partial charge in [-0.05, 0) is 94.1 Å². The molecule has 5 aliphatic rings. The molecule has 0 radical (unpaired) electrons. The Hall–Kier alpha value is -3.17. The highest BCUT2D eigenvalue weighted by molar-refractivity contribution is 5.95. The second-order valence-electron chi connectivity index (χ2n) is 16.7. The van der Waals surface area contributed by atoms with Crippen molar-refractivity contribution in [2.24, 2.45) is 28.6 Å². The van der Waals surface area contributed by atoms with Gasteiger partial charge in [0.15, 0.2) is 12.4 Å². The SMILES string of the molecule is CC1(C)C[C@](CCNC(=O)CCC(=O)OCC(=O)[C@@]2(O)CC[C@@H]3[C@@H]4CCC5=CC(=O)CC[C@]5(C)[C@@H]4C(=O)C[C@]32C)(c2ccccc2)CCO1. The van der Waals surface area contributed by atoms with Crippen LogP contribution in [0.5, 0.6) is 0 Å². The molecule has 2 N–H and O–H groups in total. The summed E-state index contributed by atoms with van der Waals surface area (Å²) >= 11 is 0. The van der Waals surface area contributed by atoms with Crippen LogP contribution in [0.15, 0.2) is 42.0 Å². The normalized spacial score (nSPS) is 36.5. The van der Waals surface area contributed by atoms with Gasteiger partial charge in [0.25, 0.3) is 0 Å². The van der Waals surface area contributed by atoms with E-state index in [4.69, 9.17) is 9.47 Å². The Labute approximate surface area is 289 Å². The summed E-state index contributed by atoms with van der Waals surface area (Å²) in [5.74, 6) is -1.55. The summed E-state index contributed by atoms with van der Waals surface area (Å²) in [6.45, 7) is 8.67. The number of allylic oxidation sites excluding steroid dienone is 1. The van der Waals surface area contributed by atoms with Crippen LogP contribution in [0.1, 0.15) is 110 Å². The second kappa shape index (κ2) is 13.2. The highest BCUT2D eigenvalue weighted by Crippen LogP contribution is 2.66. The molecule has 7 atom stereocenters. The van der Waals surface area contributed by atoms with Gasteiger partial charge < -0.3 is 19.9 Å². The van der Waals surface area contributed by atoms with Gasteiger partial charge in [-0.2, -0.15) is 0 Å². The summed E-state index contributed by atoms with van der Waals surface area (Å²) in [6, 6.07) is 10.3. The molecule has 3 saturated carbocycles. The van der Waals surface area contributed by atoms with E-state index in [0.29, 0.717) is 32.4 Å². The van der Waals surface area contributed by atoms with Crippen molar-refractivity contribution in [2.45, 2.75) is 121 Å². The Balaban J connectivity index is 1.00. The molecule has 0 spiro atoms. The molecule has 49 heavy (non-hydrogen) atoms. The zero-order valence-electron chi connectivity index (χ0n) is 29.6. The molecule has 1 aromatic carbocycles. The Morgan fingerprint density at radius 1 is 0.980 bits per heavy atom. The molecule has 9 heteroatoms. The van der Waals surface area contributed by atoms with Crippen LogP contribution in [-0.2, 0) is 38.9 Å². The third kappa shape index (κ3) is 6.46. The summed E-state index contributed by atoms with van der Waals surface area (Å²) in [4.78, 5) is 65.0. The maximum absolute atomic E-state index is 13.9. The van der Waals surface area contributed by atoms with Crippen LogP contribution >= 0.6 is 0 Å². The molecular formula is C40H53NO8. The molecule has 1 aliphatic heterocycles. The lowest BCUT2D eigenvalue weighted by Crippen LogP contribution is -2.61. The number of Topliss-reactive ketones (excluding diaryl/α,β-unsaturated/α-hetero) is 2. The Morgan fingerprint density at radius 3 is 2.47 bits per heavy atom. The van der Waals surface area contributed by atoms with Gasteiger partial charge in [-0.1, -0.05) is 49.8 Å². The number of carbonyl (C=O) groups is 5. The number of carbonyl (C=O) groups excluding carboxylic acids is 5. The van der Waals surface area contributed by atoms with Gasteiger partial charge in [-0.15, -0.1) is 0 Å². The van der Waals surface area contributed by atoms with Gasteiger partial charge >= 0.3 is 5.97 Å². The number of aliphatic hydroxyl groups is 1. The fourth-order valence-electron chi connectivity index (χ4n) is 10.8. The van der Waals surface area contributed by atoms with E-state index in [0.717, 1.165) is 37.7 Å². The summed E-state index contributed by atoms with van der Waals surface area (Å²) in [7, 11) is 0. The molecule has 266 valence electrons. The molecular weight excluding hydrogens is 622 g/mol. The van der Waals surface area contributed by atoms with Crippen LogP contribution in [-0.4, -0.2) is 65.3 Å². The average molecular weight is 676 g/mol. The molecule has 0 unspecified atom stereocenters. The number of esters is 1. The van der Waals surface area contributed by atoms with Crippen molar-refractivity contribution in [3.63, 3.8) is 0 Å². The van der Waals surface area contributed by atoms with Gasteiger partial charge in [0.1, 0.15) is 11.4 Å². The van der Waals surface area contributed by atoms with E-state index >= 15 is 0 Å². The minimum absolute atomic E-state index is 0.0206. The van der Waals surface area contributed by atoms with E-state index in [1.165, 1.54) is 5.56 Å². The van der Waals surface area contributed by atoms with E-state index in [1.54, 1.807) is 6.08 Å². The number of nitrogens with one attached hydrogen (secondary N) is 1. The number of hydrogen-bond acceptors (Lipinski definition) is 8. The lowest BCUT2D eigenvalue weighted by atomic mass is 9.46. The maximum Gasteiger partial charge on any atom is 0.306 e. The molecule has 1 aromatic rings. The first-order valence-electron chi connectivity index (χ1n) is 18.3. The zero-order valence-corrected chi connectivity index (χ0v) is 29.6. The molecule has 1 heterocycles. The monoisotopic (exact) mass is 675 g/mol. The lowest BCUT2D eigenvalue weighted by molar-refractivity contribution is -0.173. The van der Waals surface area contributed by atoms with E-state index in [-0.39, 0.29) is 77.3 Å². The van der Waals surface area contributed by atoms with E-state index < -0.39 is 29.4 Å². The molecule has 4 aliphatic carbocycles. The highest BCUT2D eigenvalue weighted by Gasteiger charge is 2.68. The number of fused-ring (bicyclic) bond motifs is 5. The summed E-state index contributed by atoms with van der Waals surface area (Å²) in [6.07, 6.45) is 7.47. The summed E-state index contributed by atoms with van der Waals surface area (Å²) in [5, 5.41) is 14.9. The van der Waals surface area contributed by atoms with Crippen LogP contribution in [0.2, 0.25) is 0 Å². The van der Waals surface area contributed by atoms with Gasteiger partial charge in [0.05, 0.1) is 12.0 Å². The van der Waals surface area contributed by atoms with Gasteiger partial charge in [-0.25, -0.2) is 0 Å². The maximum atomic E-state index is 13.9. The van der Waals surface area contributed by atoms with Crippen LogP contribution < -0.4 is 5.32 Å². The standard InChI is InChI=1S/C40H53NO8/c1-36(2)25-39(19-21-49-36,26-8-6-5-7-9-26)18-20-41-33(45)12-13-34(46)48-24-32(44)40(47)17-15-30-29-11-10-27-22-28(42)14-16-37(27,3)35(29)31(43)23-38(30,40)4/h5-9,22,29-30,35,47H,10-21,23-25H2,1-4H3,(H,41,45)/t29-,30+,35-,37-,38+,39+,40-/m0/s1. The second-order valence-corrected chi connectivity index (χ2v) is 16.7. The average Bonchev–Trinajstić information content (AvgIpc) is 3.33. The highest BCUT2D eigenvalue weighted by atomic mass is 16.5. The number of ether oxygens (including phenoxy) is 2. The first kappa shape index (κ1) is 35.6. The van der Waals surface area contributed by atoms with Crippen molar-refractivity contribution < 1.29 is 38.6 Å². The quantitative estimate of drug-likeness (QED) is 0.317. The number of hydrogen-bond donors (Lipinski definition) is 2. The lowest BCUT2D eigenvalue weighted by Gasteiger charge is -2.57. The van der Waals surface area contributed by atoms with Gasteiger partial charge in [0, 0.05) is 49.2 Å². The predicted octanol–water partition coefficient (Wildman–Crippen LogP) is 5.35. The largest absolute Gasteiger partial charge is 0.458 e. The van der Waals surface area contributed by atoms with E-state index in [1.807, 2.05) is 25.1 Å². The van der Waals surface area contributed by atoms with Crippen LogP contribution in [0.25, 0.3) is 0 Å². The molecule has 4 fully saturated rings. The van der Waals surface area contributed by atoms with Crippen molar-refractivity contribution in [1.82, 2.24) is 5.32 Å². The Bertz CT molecular complexity index is 1530. The molecule has 0 aromatic heterocycles. The smallest absolute Gasteiger partial charge is 0.306 e. The number of amides is 1. The minimum Gasteiger partial charge on any atom is -0.458 e. The van der Waals surface area contributed by atoms with Crippen LogP contribution in [0, 0.1) is 28.6 Å². The fourth-order valence-corrected chi connectivity index (χ4v) is 10.8. The van der Waals surface area contributed by atoms with Crippen LogP contribution in [0.4, 0.5) is 0 Å². The third-order valence-corrected chi connectivity index (χ3v) is 13.3. The molecule has 9 nitrogen and oxygen atoms in total. The van der Waals surface area contributed by atoms with Gasteiger partial charge in [0.2, 0.25) is 11.7 Å². The van der Waals surface area contributed by atoms with Crippen molar-refractivity contribution >= 4 is 29.2 Å². The first-order chi connectivity index (χ1) is 23.1. The van der Waals surface area contributed by atoms with E-state index in [9.17, 15) is 29.1 Å². The van der Waals surface area contributed by atoms with Crippen molar-refractivity contribution in [3.8, 4) is 0 Å².